The van der Waals surface area contributed by atoms with Crippen LogP contribution in [-0.2, 0) is 13.1 Å². The number of amides is 1. The van der Waals surface area contributed by atoms with Gasteiger partial charge in [-0.1, -0.05) is 48.5 Å². The number of carbonyl (C=O) groups excluding carboxylic acids is 1. The molecule has 1 aliphatic heterocycles. The number of carbonyl (C=O) groups is 1. The lowest BCUT2D eigenvalue weighted by Crippen LogP contribution is -2.23. The molecule has 28 heavy (non-hydrogen) atoms. The lowest BCUT2D eigenvalue weighted by molar-refractivity contribution is 0.0948. The van der Waals surface area contributed by atoms with E-state index in [-0.39, 0.29) is 5.91 Å². The maximum Gasteiger partial charge on any atom is 0.255 e. The molecule has 0 saturated carbocycles. The lowest BCUT2D eigenvalue weighted by Gasteiger charge is -2.15. The number of benzene rings is 3. The summed E-state index contributed by atoms with van der Waals surface area (Å²) < 4.78 is 5.45. The number of ether oxygens (including phenoxy) is 1. The zero-order valence-electron chi connectivity index (χ0n) is 16.3. The lowest BCUT2D eigenvalue weighted by atomic mass is 10.0. The van der Waals surface area contributed by atoms with Crippen molar-refractivity contribution in [1.82, 2.24) is 10.2 Å². The predicted molar refractivity (Wildman–Crippen MR) is 113 cm³/mol. The van der Waals surface area contributed by atoms with Crippen molar-refractivity contribution in [1.29, 1.82) is 0 Å². The van der Waals surface area contributed by atoms with Crippen LogP contribution in [0.3, 0.4) is 0 Å². The topological polar surface area (TPSA) is 41.6 Å². The molecule has 0 bridgehead atoms. The van der Waals surface area contributed by atoms with Crippen LogP contribution in [0.2, 0.25) is 0 Å². The smallest absolute Gasteiger partial charge is 0.255 e. The average Bonchev–Trinajstić information content (AvgIpc) is 3.24. The van der Waals surface area contributed by atoms with E-state index in [9.17, 15) is 4.79 Å². The SMILES string of the molecule is COc1cc2ccccc2cc1C(=O)NCc1cccc(CN2CCCC2)c1. The van der Waals surface area contributed by atoms with E-state index in [0.29, 0.717) is 17.9 Å². The Labute approximate surface area is 166 Å². The molecule has 0 aliphatic carbocycles. The van der Waals surface area contributed by atoms with Crippen molar-refractivity contribution in [2.75, 3.05) is 20.2 Å². The number of hydrogen-bond donors (Lipinski definition) is 1. The number of nitrogens with zero attached hydrogens (tertiary/aromatic N) is 1. The van der Waals surface area contributed by atoms with Gasteiger partial charge in [0.05, 0.1) is 12.7 Å². The minimum absolute atomic E-state index is 0.118. The molecule has 1 saturated heterocycles. The first kappa shape index (κ1) is 18.5. The van der Waals surface area contributed by atoms with Crippen molar-refractivity contribution < 1.29 is 9.53 Å². The minimum Gasteiger partial charge on any atom is -0.496 e. The predicted octanol–water partition coefficient (Wildman–Crippen LogP) is 4.37. The second kappa shape index (κ2) is 8.44. The normalized spacial score (nSPS) is 14.3. The fourth-order valence-corrected chi connectivity index (χ4v) is 3.88. The van der Waals surface area contributed by atoms with E-state index in [2.05, 4.69) is 34.5 Å². The van der Waals surface area contributed by atoms with Gasteiger partial charge in [-0.05, 0) is 60.0 Å². The summed E-state index contributed by atoms with van der Waals surface area (Å²) >= 11 is 0. The van der Waals surface area contributed by atoms with Gasteiger partial charge in [0, 0.05) is 13.1 Å². The number of nitrogens with one attached hydrogen (secondary N) is 1. The molecule has 4 heteroatoms. The Kier molecular flexibility index (Phi) is 5.58. The van der Waals surface area contributed by atoms with E-state index in [1.54, 1.807) is 7.11 Å². The van der Waals surface area contributed by atoms with Gasteiger partial charge in [0.1, 0.15) is 5.75 Å². The van der Waals surface area contributed by atoms with Crippen LogP contribution in [0.25, 0.3) is 10.8 Å². The van der Waals surface area contributed by atoms with Crippen LogP contribution in [0.15, 0.2) is 60.7 Å². The molecular weight excluding hydrogens is 348 g/mol. The number of hydrogen-bond acceptors (Lipinski definition) is 3. The Hall–Kier alpha value is -2.85. The zero-order valence-corrected chi connectivity index (χ0v) is 16.3. The Bertz CT molecular complexity index is 977. The van der Waals surface area contributed by atoms with Gasteiger partial charge < -0.3 is 10.1 Å². The van der Waals surface area contributed by atoms with Crippen molar-refractivity contribution in [2.45, 2.75) is 25.9 Å². The van der Waals surface area contributed by atoms with E-state index in [4.69, 9.17) is 4.74 Å². The molecule has 0 radical (unpaired) electrons. The molecule has 3 aromatic rings. The van der Waals surface area contributed by atoms with Crippen molar-refractivity contribution in [2.24, 2.45) is 0 Å². The summed E-state index contributed by atoms with van der Waals surface area (Å²) in [5.74, 6) is 0.478. The van der Waals surface area contributed by atoms with Crippen molar-refractivity contribution >= 4 is 16.7 Å². The standard InChI is InChI=1S/C24H26N2O2/c1-28-23-15-21-10-3-2-9-20(21)14-22(23)24(27)25-16-18-7-6-8-19(13-18)17-26-11-4-5-12-26/h2-3,6-10,13-15H,4-5,11-12,16-17H2,1H3,(H,25,27). The molecule has 1 amide bonds. The summed E-state index contributed by atoms with van der Waals surface area (Å²) in [5, 5.41) is 5.13. The average molecular weight is 374 g/mol. The second-order valence-corrected chi connectivity index (χ2v) is 7.39. The third-order valence-electron chi connectivity index (χ3n) is 5.36. The summed E-state index contributed by atoms with van der Waals surface area (Å²) in [4.78, 5) is 15.3. The Morgan fingerprint density at radius 2 is 1.68 bits per heavy atom. The quantitative estimate of drug-likeness (QED) is 0.696. The third-order valence-corrected chi connectivity index (χ3v) is 5.36. The number of fused-ring (bicyclic) bond motifs is 1. The molecule has 0 spiro atoms. The molecule has 4 rings (SSSR count). The molecule has 1 N–H and O–H groups in total. The van der Waals surface area contributed by atoms with Crippen LogP contribution in [-0.4, -0.2) is 31.0 Å². The van der Waals surface area contributed by atoms with Gasteiger partial charge >= 0.3 is 0 Å². The number of rotatable bonds is 6. The third kappa shape index (κ3) is 4.18. The van der Waals surface area contributed by atoms with Gasteiger partial charge in [-0.3, -0.25) is 9.69 Å². The Balaban J connectivity index is 1.46. The summed E-state index contributed by atoms with van der Waals surface area (Å²) in [5.41, 5.74) is 2.98. The molecule has 0 unspecified atom stereocenters. The van der Waals surface area contributed by atoms with Crippen LogP contribution in [0.4, 0.5) is 0 Å². The first-order valence-corrected chi connectivity index (χ1v) is 9.88. The van der Waals surface area contributed by atoms with Gasteiger partial charge in [0.2, 0.25) is 0 Å². The van der Waals surface area contributed by atoms with Crippen LogP contribution < -0.4 is 10.1 Å². The van der Waals surface area contributed by atoms with Crippen LogP contribution in [0, 0.1) is 0 Å². The van der Waals surface area contributed by atoms with Crippen LogP contribution >= 0.6 is 0 Å². The van der Waals surface area contributed by atoms with Crippen LogP contribution in [0.1, 0.15) is 34.3 Å². The van der Waals surface area contributed by atoms with Crippen molar-refractivity contribution in [3.8, 4) is 5.75 Å². The van der Waals surface area contributed by atoms with Gasteiger partial charge in [-0.15, -0.1) is 0 Å². The van der Waals surface area contributed by atoms with Crippen molar-refractivity contribution in [3.63, 3.8) is 0 Å². The fourth-order valence-electron chi connectivity index (χ4n) is 3.88. The van der Waals surface area contributed by atoms with Gasteiger partial charge in [-0.2, -0.15) is 0 Å². The Morgan fingerprint density at radius 3 is 2.43 bits per heavy atom. The zero-order chi connectivity index (χ0) is 19.3. The molecule has 3 aromatic carbocycles. The maximum absolute atomic E-state index is 12.8. The fraction of sp³-hybridized carbons (Fsp3) is 0.292. The van der Waals surface area contributed by atoms with Gasteiger partial charge in [-0.25, -0.2) is 0 Å². The second-order valence-electron chi connectivity index (χ2n) is 7.39. The molecule has 4 nitrogen and oxygen atoms in total. The molecule has 144 valence electrons. The highest BCUT2D eigenvalue weighted by Gasteiger charge is 2.14. The maximum atomic E-state index is 12.8. The minimum atomic E-state index is -0.118. The number of methoxy groups -OCH3 is 1. The largest absolute Gasteiger partial charge is 0.496 e. The molecule has 1 fully saturated rings. The monoisotopic (exact) mass is 374 g/mol. The van der Waals surface area contributed by atoms with Gasteiger partial charge in [0.25, 0.3) is 5.91 Å². The number of likely N-dealkylation sites (tertiary alicyclic amines) is 1. The molecule has 0 aromatic heterocycles. The van der Waals surface area contributed by atoms with Crippen molar-refractivity contribution in [3.05, 3.63) is 77.4 Å². The van der Waals surface area contributed by atoms with Crippen LogP contribution in [0.5, 0.6) is 5.75 Å². The molecule has 0 atom stereocenters. The highest BCUT2D eigenvalue weighted by molar-refractivity contribution is 6.01. The van der Waals surface area contributed by atoms with E-state index in [1.807, 2.05) is 36.4 Å². The summed E-state index contributed by atoms with van der Waals surface area (Å²) in [7, 11) is 1.60. The first-order valence-electron chi connectivity index (χ1n) is 9.88. The van der Waals surface area contributed by atoms with E-state index < -0.39 is 0 Å². The van der Waals surface area contributed by atoms with E-state index >= 15 is 0 Å². The summed E-state index contributed by atoms with van der Waals surface area (Å²) in [6.07, 6.45) is 2.59. The summed E-state index contributed by atoms with van der Waals surface area (Å²) in [6.45, 7) is 3.86. The summed E-state index contributed by atoms with van der Waals surface area (Å²) in [6, 6.07) is 20.3. The molecule has 1 heterocycles. The highest BCUT2D eigenvalue weighted by Crippen LogP contribution is 2.26. The van der Waals surface area contributed by atoms with Gasteiger partial charge in [0.15, 0.2) is 0 Å². The highest BCUT2D eigenvalue weighted by atomic mass is 16.5. The molecular formula is C24H26N2O2. The van der Waals surface area contributed by atoms with E-state index in [0.717, 1.165) is 22.9 Å². The molecule has 1 aliphatic rings. The first-order chi connectivity index (χ1) is 13.7. The van der Waals surface area contributed by atoms with E-state index in [1.165, 1.54) is 31.5 Å². The Morgan fingerprint density at radius 1 is 0.964 bits per heavy atom.